The van der Waals surface area contributed by atoms with Gasteiger partial charge in [-0.25, -0.2) is 18.2 Å². The van der Waals surface area contributed by atoms with Crippen LogP contribution >= 0.6 is 11.3 Å². The summed E-state index contributed by atoms with van der Waals surface area (Å²) in [6.07, 6.45) is -1.47. The number of anilines is 1. The third-order valence-corrected chi connectivity index (χ3v) is 7.28. The molecule has 1 N–H and O–H groups in total. The summed E-state index contributed by atoms with van der Waals surface area (Å²) in [5.41, 5.74) is 2.19. The Morgan fingerprint density at radius 1 is 1.15 bits per heavy atom. The molecule has 1 aliphatic rings. The highest BCUT2D eigenvalue weighted by atomic mass is 32.1. The average Bonchev–Trinajstić information content (AvgIpc) is 3.50. The topological polar surface area (TPSA) is 108 Å². The first-order chi connectivity index (χ1) is 19.2. The highest BCUT2D eigenvalue weighted by Crippen LogP contribution is 2.36. The van der Waals surface area contributed by atoms with E-state index in [9.17, 15) is 28.0 Å². The molecule has 5 rings (SSSR count). The minimum atomic E-state index is -2.91. The fourth-order valence-electron chi connectivity index (χ4n) is 4.40. The Balaban J connectivity index is 1.36. The zero-order chi connectivity index (χ0) is 28.6. The van der Waals surface area contributed by atoms with E-state index in [-0.39, 0.29) is 24.2 Å². The molecule has 0 bridgehead atoms. The number of hydrogen-bond acceptors (Lipinski definition) is 7. The van der Waals surface area contributed by atoms with Crippen molar-refractivity contribution in [1.82, 2.24) is 14.9 Å². The van der Waals surface area contributed by atoms with Gasteiger partial charge in [-0.2, -0.15) is 5.26 Å². The predicted molar refractivity (Wildman–Crippen MR) is 141 cm³/mol. The Kier molecular flexibility index (Phi) is 7.23. The second kappa shape index (κ2) is 10.8. The fraction of sp³-hybridized carbons (Fsp3) is 0.179. The number of thiazole rings is 1. The summed E-state index contributed by atoms with van der Waals surface area (Å²) in [7, 11) is 1.50. The number of nitriles is 1. The van der Waals surface area contributed by atoms with Crippen LogP contribution < -0.4 is 10.1 Å². The van der Waals surface area contributed by atoms with Crippen molar-refractivity contribution in [3.8, 4) is 22.9 Å². The number of carbonyl (C=O) groups is 2. The van der Waals surface area contributed by atoms with Gasteiger partial charge >= 0.3 is 0 Å². The zero-order valence-electron chi connectivity index (χ0n) is 21.2. The van der Waals surface area contributed by atoms with Gasteiger partial charge in [0.15, 0.2) is 5.13 Å². The first-order valence-electron chi connectivity index (χ1n) is 11.9. The van der Waals surface area contributed by atoms with Crippen molar-refractivity contribution in [2.24, 2.45) is 0 Å². The van der Waals surface area contributed by atoms with Gasteiger partial charge in [0.2, 0.25) is 0 Å². The van der Waals surface area contributed by atoms with Gasteiger partial charge in [0.1, 0.15) is 11.6 Å². The monoisotopic (exact) mass is 563 g/mol. The van der Waals surface area contributed by atoms with Crippen LogP contribution in [0.25, 0.3) is 11.1 Å². The predicted octanol–water partition coefficient (Wildman–Crippen LogP) is 5.88. The summed E-state index contributed by atoms with van der Waals surface area (Å²) in [6.45, 7) is 2.00. The third kappa shape index (κ3) is 5.23. The van der Waals surface area contributed by atoms with Gasteiger partial charge < -0.3 is 9.64 Å². The number of amides is 2. The van der Waals surface area contributed by atoms with E-state index < -0.39 is 29.6 Å². The van der Waals surface area contributed by atoms with E-state index in [2.05, 4.69) is 21.4 Å². The summed E-state index contributed by atoms with van der Waals surface area (Å²) in [4.78, 5) is 37.0. The fourth-order valence-corrected chi connectivity index (χ4v) is 5.38. The number of carbonyl (C=O) groups excluding carboxylic acids is 2. The van der Waals surface area contributed by atoms with Gasteiger partial charge in [-0.05, 0) is 49.4 Å². The number of halogens is 3. The van der Waals surface area contributed by atoms with Crippen molar-refractivity contribution in [2.45, 2.75) is 26.4 Å². The van der Waals surface area contributed by atoms with Gasteiger partial charge in [0.25, 0.3) is 18.2 Å². The van der Waals surface area contributed by atoms with E-state index in [4.69, 9.17) is 4.74 Å². The van der Waals surface area contributed by atoms with E-state index in [0.717, 1.165) is 12.1 Å². The van der Waals surface area contributed by atoms with Crippen molar-refractivity contribution < 1.29 is 27.5 Å². The summed E-state index contributed by atoms with van der Waals surface area (Å²) in [5, 5.41) is 12.4. The highest BCUT2D eigenvalue weighted by Gasteiger charge is 2.29. The molecule has 0 unspecified atom stereocenters. The Labute approximate surface area is 230 Å². The molecule has 0 atom stereocenters. The maximum Gasteiger partial charge on any atom is 0.263 e. The number of ether oxygens (including phenoxy) is 1. The normalized spacial score (nSPS) is 12.3. The largest absolute Gasteiger partial charge is 0.496 e. The Bertz CT molecular complexity index is 1680. The minimum absolute atomic E-state index is 0.0799. The lowest BCUT2D eigenvalue weighted by atomic mass is 9.97. The van der Waals surface area contributed by atoms with E-state index >= 15 is 0 Å². The van der Waals surface area contributed by atoms with Crippen LogP contribution in [0.5, 0.6) is 5.75 Å². The van der Waals surface area contributed by atoms with Gasteiger partial charge in [-0.1, -0.05) is 11.3 Å². The van der Waals surface area contributed by atoms with Crippen molar-refractivity contribution in [3.05, 3.63) is 93.0 Å². The molecule has 40 heavy (non-hydrogen) atoms. The van der Waals surface area contributed by atoms with E-state index in [0.29, 0.717) is 49.9 Å². The third-order valence-electron chi connectivity index (χ3n) is 6.28. The number of pyridine rings is 1. The molecular formula is C28H20F3N5O3S. The van der Waals surface area contributed by atoms with Crippen LogP contribution in [-0.4, -0.2) is 33.8 Å². The number of alkyl halides is 2. The van der Waals surface area contributed by atoms with Crippen LogP contribution in [0.2, 0.25) is 0 Å². The maximum absolute atomic E-state index is 13.8. The number of nitrogens with zero attached hydrogens (tertiary/aromatic N) is 4. The number of fused-ring (bicyclic) bond motifs is 1. The van der Waals surface area contributed by atoms with Crippen LogP contribution in [-0.2, 0) is 13.1 Å². The second-order valence-electron chi connectivity index (χ2n) is 8.98. The lowest BCUT2D eigenvalue weighted by Crippen LogP contribution is -2.26. The zero-order valence-corrected chi connectivity index (χ0v) is 22.0. The number of aryl methyl sites for hydroxylation is 1. The molecule has 202 valence electrons. The van der Waals surface area contributed by atoms with Gasteiger partial charge in [-0.3, -0.25) is 19.9 Å². The van der Waals surface area contributed by atoms with Gasteiger partial charge in [0, 0.05) is 34.1 Å². The molecule has 12 heteroatoms. The summed E-state index contributed by atoms with van der Waals surface area (Å²) < 4.78 is 45.4. The van der Waals surface area contributed by atoms with Crippen LogP contribution in [0.1, 0.15) is 54.5 Å². The quantitative estimate of drug-likeness (QED) is 0.314. The molecule has 1 aliphatic heterocycles. The van der Waals surface area contributed by atoms with Crippen LogP contribution in [0.15, 0.2) is 48.7 Å². The first-order valence-corrected chi connectivity index (χ1v) is 12.7. The lowest BCUT2D eigenvalue weighted by Gasteiger charge is -2.16. The summed E-state index contributed by atoms with van der Waals surface area (Å²) in [5.74, 6) is -1.51. The first kappa shape index (κ1) is 26.8. The van der Waals surface area contributed by atoms with E-state index in [1.807, 2.05) is 0 Å². The molecule has 2 aromatic carbocycles. The molecule has 0 saturated carbocycles. The molecule has 0 aliphatic carbocycles. The molecule has 0 radical (unpaired) electrons. The molecule has 4 aromatic rings. The second-order valence-corrected chi connectivity index (χ2v) is 10.1. The molecular weight excluding hydrogens is 543 g/mol. The summed E-state index contributed by atoms with van der Waals surface area (Å²) >= 11 is 1.17. The standard InChI is InChI=1S/C28H20F3N5O3S/c1-14-5-19(20-6-15(10-32)3-4-23(20)39-2)21(11-33-14)26(37)35-28-34-22-12-36(13-24(22)40-28)27(38)17-7-16(25(30)31)8-18(29)9-17/h3-9,11,25H,12-13H2,1-2H3,(H,34,35,37). The maximum atomic E-state index is 13.8. The molecule has 2 aromatic heterocycles. The van der Waals surface area contributed by atoms with Crippen molar-refractivity contribution >= 4 is 28.3 Å². The van der Waals surface area contributed by atoms with Crippen LogP contribution in [0, 0.1) is 24.1 Å². The Morgan fingerprint density at radius 3 is 2.65 bits per heavy atom. The average molecular weight is 564 g/mol. The number of benzene rings is 2. The number of rotatable bonds is 6. The molecule has 0 saturated heterocycles. The van der Waals surface area contributed by atoms with E-state index in [1.165, 1.54) is 29.5 Å². The minimum Gasteiger partial charge on any atom is -0.496 e. The number of aromatic nitrogens is 2. The van der Waals surface area contributed by atoms with Gasteiger partial charge in [-0.15, -0.1) is 0 Å². The molecule has 8 nitrogen and oxygen atoms in total. The smallest absolute Gasteiger partial charge is 0.263 e. The molecule has 0 spiro atoms. The van der Waals surface area contributed by atoms with Crippen LogP contribution in [0.4, 0.5) is 18.3 Å². The van der Waals surface area contributed by atoms with E-state index in [1.54, 1.807) is 31.2 Å². The Morgan fingerprint density at radius 2 is 1.95 bits per heavy atom. The molecule has 3 heterocycles. The number of hydrogen-bond donors (Lipinski definition) is 1. The van der Waals surface area contributed by atoms with Crippen LogP contribution in [0.3, 0.4) is 0 Å². The number of methoxy groups -OCH3 is 1. The van der Waals surface area contributed by atoms with Crippen molar-refractivity contribution in [1.29, 1.82) is 5.26 Å². The molecule has 0 fully saturated rings. The van der Waals surface area contributed by atoms with Gasteiger partial charge in [0.05, 0.1) is 48.0 Å². The SMILES string of the molecule is COc1ccc(C#N)cc1-c1cc(C)ncc1C(=O)Nc1nc2c(s1)CN(C(=O)c1cc(F)cc(C(F)F)c1)C2. The van der Waals surface area contributed by atoms with Crippen molar-refractivity contribution in [2.75, 3.05) is 12.4 Å². The highest BCUT2D eigenvalue weighted by molar-refractivity contribution is 7.16. The molecule has 2 amide bonds. The number of nitrogens with one attached hydrogen (secondary N) is 1. The lowest BCUT2D eigenvalue weighted by molar-refractivity contribution is 0.0749. The summed E-state index contributed by atoms with van der Waals surface area (Å²) in [6, 6.07) is 11.3. The Hall–Kier alpha value is -4.76. The van der Waals surface area contributed by atoms with Crippen molar-refractivity contribution in [3.63, 3.8) is 0 Å².